The lowest BCUT2D eigenvalue weighted by molar-refractivity contribution is -0.154. The summed E-state index contributed by atoms with van der Waals surface area (Å²) in [7, 11) is -4.29. The maximum Gasteiger partial charge on any atom is 0.472 e. The number of esters is 1. The quantitative estimate of drug-likeness (QED) is 0.0269. The lowest BCUT2D eigenvalue weighted by atomic mass is 10.1. The Kier molecular flexibility index (Phi) is 45.8. The highest BCUT2D eigenvalue weighted by molar-refractivity contribution is 7.47. The fourth-order valence-corrected chi connectivity index (χ4v) is 7.33. The van der Waals surface area contributed by atoms with Crippen LogP contribution in [0.5, 0.6) is 0 Å². The molecule has 0 spiro atoms. The normalized spacial score (nSPS) is 13.9. The Hall–Kier alpha value is -1.80. The minimum atomic E-state index is -4.29. The third-order valence-electron chi connectivity index (χ3n) is 10.2. The third kappa shape index (κ3) is 47.1. The van der Waals surface area contributed by atoms with Gasteiger partial charge in [0.2, 0.25) is 0 Å². The smallest absolute Gasteiger partial charge is 0.457 e. The first-order chi connectivity index (χ1) is 28.9. The van der Waals surface area contributed by atoms with Crippen molar-refractivity contribution in [1.29, 1.82) is 0 Å². The molecule has 0 amide bonds. The number of hydrogen-bond donors (Lipinski definition) is 2. The van der Waals surface area contributed by atoms with E-state index in [2.05, 4.69) is 74.6 Å². The minimum absolute atomic E-state index is 0.0947. The van der Waals surface area contributed by atoms with E-state index in [1.807, 2.05) is 0 Å². The lowest BCUT2D eigenvalue weighted by Crippen LogP contribution is -2.28. The monoisotopic (exact) mass is 850 g/mol. The van der Waals surface area contributed by atoms with Crippen LogP contribution in [0.4, 0.5) is 0 Å². The van der Waals surface area contributed by atoms with E-state index in [0.717, 1.165) is 70.6 Å². The van der Waals surface area contributed by atoms with Crippen LogP contribution in [-0.2, 0) is 27.9 Å². The fourth-order valence-electron chi connectivity index (χ4n) is 6.56. The van der Waals surface area contributed by atoms with Crippen LogP contribution < -0.4 is 5.73 Å². The van der Waals surface area contributed by atoms with Crippen LogP contribution in [0, 0.1) is 0 Å². The number of unbranched alkanes of at least 4 members (excludes halogenated alkanes) is 23. The second-order valence-electron chi connectivity index (χ2n) is 16.0. The average molecular weight is 850 g/mol. The molecule has 2 unspecified atom stereocenters. The zero-order chi connectivity index (χ0) is 43.0. The predicted octanol–water partition coefficient (Wildman–Crippen LogP) is 14.9. The van der Waals surface area contributed by atoms with Gasteiger partial charge in [-0.3, -0.25) is 13.8 Å². The minimum Gasteiger partial charge on any atom is -0.457 e. The molecule has 0 saturated heterocycles. The first-order valence-corrected chi connectivity index (χ1v) is 25.8. The van der Waals surface area contributed by atoms with Gasteiger partial charge in [0.25, 0.3) is 0 Å². The SMILES string of the molecule is CCCCCC/C=C\C/C=C\CCCCCCCC(=O)OC(COCCCCCCCCCCC/C=C\C/C=C\C/C=C\CCCCCCC)COP(=O)(O)OCCN. The molecule has 0 bridgehead atoms. The molecule has 0 aliphatic rings. The van der Waals surface area contributed by atoms with Gasteiger partial charge in [0.05, 0.1) is 19.8 Å². The van der Waals surface area contributed by atoms with E-state index in [9.17, 15) is 14.3 Å². The van der Waals surface area contributed by atoms with Crippen molar-refractivity contribution in [2.24, 2.45) is 5.73 Å². The highest BCUT2D eigenvalue weighted by Gasteiger charge is 2.25. The molecule has 9 heteroatoms. The zero-order valence-electron chi connectivity index (χ0n) is 38.2. The molecule has 0 aliphatic heterocycles. The first-order valence-electron chi connectivity index (χ1n) is 24.3. The van der Waals surface area contributed by atoms with Crippen molar-refractivity contribution in [2.45, 2.75) is 219 Å². The number of hydrogen-bond acceptors (Lipinski definition) is 7. The molecule has 8 nitrogen and oxygen atoms in total. The summed E-state index contributed by atoms with van der Waals surface area (Å²) in [5.74, 6) is -0.346. The molecule has 0 aliphatic carbocycles. The van der Waals surface area contributed by atoms with Crippen molar-refractivity contribution in [2.75, 3.05) is 33.0 Å². The van der Waals surface area contributed by atoms with Crippen LogP contribution in [0.15, 0.2) is 60.8 Å². The van der Waals surface area contributed by atoms with Gasteiger partial charge in [-0.25, -0.2) is 4.57 Å². The van der Waals surface area contributed by atoms with Crippen LogP contribution in [0.2, 0.25) is 0 Å². The van der Waals surface area contributed by atoms with Crippen LogP contribution in [0.3, 0.4) is 0 Å². The van der Waals surface area contributed by atoms with E-state index < -0.39 is 13.9 Å². The topological polar surface area (TPSA) is 117 Å². The van der Waals surface area contributed by atoms with Crippen molar-refractivity contribution < 1.29 is 32.8 Å². The highest BCUT2D eigenvalue weighted by atomic mass is 31.2. The van der Waals surface area contributed by atoms with Gasteiger partial charge in [0.1, 0.15) is 6.10 Å². The number of phosphoric ester groups is 1. The maximum absolute atomic E-state index is 12.6. The summed E-state index contributed by atoms with van der Waals surface area (Å²) in [5, 5.41) is 0. The summed E-state index contributed by atoms with van der Waals surface area (Å²) in [6, 6.07) is 0. The number of carbonyl (C=O) groups is 1. The van der Waals surface area contributed by atoms with Crippen molar-refractivity contribution in [3.8, 4) is 0 Å². The summed E-state index contributed by atoms with van der Waals surface area (Å²) in [6.07, 6.45) is 58.2. The lowest BCUT2D eigenvalue weighted by Gasteiger charge is -2.20. The van der Waals surface area contributed by atoms with E-state index in [-0.39, 0.29) is 32.3 Å². The van der Waals surface area contributed by atoms with Gasteiger partial charge >= 0.3 is 13.8 Å². The Morgan fingerprint density at radius 3 is 1.36 bits per heavy atom. The molecule has 0 radical (unpaired) electrons. The Balaban J connectivity index is 4.00. The van der Waals surface area contributed by atoms with Gasteiger partial charge in [-0.2, -0.15) is 0 Å². The summed E-state index contributed by atoms with van der Waals surface area (Å²) in [5.41, 5.74) is 5.38. The van der Waals surface area contributed by atoms with Gasteiger partial charge in [-0.05, 0) is 83.5 Å². The number of carbonyl (C=O) groups excluding carboxylic acids is 1. The Bertz CT molecular complexity index is 1090. The molecule has 0 aromatic carbocycles. The van der Waals surface area contributed by atoms with Crippen LogP contribution in [-0.4, -0.2) is 49.9 Å². The molecule has 0 rings (SSSR count). The molecule has 2 atom stereocenters. The Morgan fingerprint density at radius 2 is 0.898 bits per heavy atom. The van der Waals surface area contributed by atoms with E-state index in [0.29, 0.717) is 13.0 Å². The van der Waals surface area contributed by atoms with Crippen molar-refractivity contribution in [3.63, 3.8) is 0 Å². The molecule has 0 saturated carbocycles. The maximum atomic E-state index is 12.6. The van der Waals surface area contributed by atoms with Crippen molar-refractivity contribution in [3.05, 3.63) is 60.8 Å². The van der Waals surface area contributed by atoms with Gasteiger partial charge in [-0.15, -0.1) is 0 Å². The Morgan fingerprint density at radius 1 is 0.508 bits per heavy atom. The average Bonchev–Trinajstić information content (AvgIpc) is 3.23. The summed E-state index contributed by atoms with van der Waals surface area (Å²) in [4.78, 5) is 22.5. The van der Waals surface area contributed by atoms with Gasteiger partial charge < -0.3 is 20.1 Å². The van der Waals surface area contributed by atoms with Gasteiger partial charge in [0, 0.05) is 19.6 Å². The van der Waals surface area contributed by atoms with E-state index >= 15 is 0 Å². The Labute approximate surface area is 363 Å². The second-order valence-corrected chi connectivity index (χ2v) is 17.4. The molecule has 3 N–H and O–H groups in total. The largest absolute Gasteiger partial charge is 0.472 e. The van der Waals surface area contributed by atoms with E-state index in [1.54, 1.807) is 0 Å². The molecule has 59 heavy (non-hydrogen) atoms. The molecule has 0 aromatic rings. The fraction of sp³-hybridized carbons (Fsp3) is 0.780. The number of allylic oxidation sites excluding steroid dienone is 10. The van der Waals surface area contributed by atoms with Crippen LogP contribution in [0.1, 0.15) is 213 Å². The molecular weight excluding hydrogens is 758 g/mol. The van der Waals surface area contributed by atoms with Crippen molar-refractivity contribution >= 4 is 13.8 Å². The molecule has 0 heterocycles. The number of nitrogens with two attached hydrogens (primary N) is 1. The van der Waals surface area contributed by atoms with E-state index in [4.69, 9.17) is 24.3 Å². The highest BCUT2D eigenvalue weighted by Crippen LogP contribution is 2.43. The summed E-state index contributed by atoms with van der Waals surface area (Å²) >= 11 is 0. The number of phosphoric acid groups is 1. The molecular formula is C50H92NO7P. The third-order valence-corrected chi connectivity index (χ3v) is 11.1. The second kappa shape index (κ2) is 47.3. The van der Waals surface area contributed by atoms with Gasteiger partial charge in [-0.1, -0.05) is 184 Å². The number of rotatable bonds is 46. The van der Waals surface area contributed by atoms with Crippen LogP contribution >= 0.6 is 7.82 Å². The van der Waals surface area contributed by atoms with E-state index in [1.165, 1.54) is 122 Å². The van der Waals surface area contributed by atoms with Crippen LogP contribution in [0.25, 0.3) is 0 Å². The summed E-state index contributed by atoms with van der Waals surface area (Å²) in [6.45, 7) is 4.87. The van der Waals surface area contributed by atoms with Crippen molar-refractivity contribution in [1.82, 2.24) is 0 Å². The standard InChI is InChI=1S/C50H92NO7P/c1-3-5-7-9-11-13-15-17-19-21-22-23-24-25-26-27-28-30-32-34-36-38-40-42-45-55-47-49(48-57-59(53,54)56-46-44-51)58-50(52)43-41-39-37-35-33-31-29-20-18-16-14-12-10-8-6-4-2/h14-17,20-22,24-25,29,49H,3-13,18-19,23,26-28,30-48,51H2,1-2H3,(H,53,54)/b16-14-,17-15-,22-21-,25-24-,29-20-. The predicted molar refractivity (Wildman–Crippen MR) is 252 cm³/mol. The first kappa shape index (κ1) is 57.2. The number of ether oxygens (including phenoxy) is 2. The molecule has 344 valence electrons. The summed E-state index contributed by atoms with van der Waals surface area (Å²) < 4.78 is 33.5. The molecule has 0 fully saturated rings. The van der Waals surface area contributed by atoms with Gasteiger partial charge in [0.15, 0.2) is 0 Å². The zero-order valence-corrected chi connectivity index (χ0v) is 39.1. The molecule has 0 aromatic heterocycles.